The number of hydrogen-bond donors (Lipinski definition) is 2. The van der Waals surface area contributed by atoms with E-state index in [1.807, 2.05) is 0 Å². The number of hydrogen-bond acceptors (Lipinski definition) is 11. The number of nitrogens with zero attached hydrogens (tertiary/aromatic N) is 5. The Morgan fingerprint density at radius 3 is 2.73 bits per heavy atom. The zero-order valence-corrected chi connectivity index (χ0v) is 17.7. The highest BCUT2D eigenvalue weighted by Gasteiger charge is 2.56. The Morgan fingerprint density at radius 2 is 2.17 bits per heavy atom. The van der Waals surface area contributed by atoms with E-state index in [2.05, 4.69) is 20.8 Å². The quantitative estimate of drug-likeness (QED) is 0.202. The Bertz CT molecular complexity index is 906. The van der Waals surface area contributed by atoms with E-state index in [1.54, 1.807) is 12.5 Å². The smallest absolute Gasteiger partial charge is 0.330 e. The van der Waals surface area contributed by atoms with Crippen molar-refractivity contribution in [3.05, 3.63) is 11.0 Å². The van der Waals surface area contributed by atoms with Gasteiger partial charge in [-0.25, -0.2) is 9.48 Å². The SMILES string of the molecule is COC(Sc1nnnn1C)C(=O)N[C@@H]1C(=O)N2C(C(=O)O)C(COC(C)=O)=CS[C@H]12. The van der Waals surface area contributed by atoms with Gasteiger partial charge in [0.2, 0.25) is 11.1 Å². The molecule has 162 valence electrons. The van der Waals surface area contributed by atoms with Crippen LogP contribution in [0.4, 0.5) is 0 Å². The van der Waals surface area contributed by atoms with Gasteiger partial charge in [-0.15, -0.1) is 16.9 Å². The van der Waals surface area contributed by atoms with Crippen LogP contribution in [-0.4, -0.2) is 90.6 Å². The summed E-state index contributed by atoms with van der Waals surface area (Å²) in [7, 11) is 2.93. The third-order valence-electron chi connectivity index (χ3n) is 4.26. The van der Waals surface area contributed by atoms with Gasteiger partial charge in [0.25, 0.3) is 5.91 Å². The fourth-order valence-electron chi connectivity index (χ4n) is 2.86. The van der Waals surface area contributed by atoms with Gasteiger partial charge in [-0.1, -0.05) is 0 Å². The Kier molecular flexibility index (Phi) is 6.62. The predicted molar refractivity (Wildman–Crippen MR) is 102 cm³/mol. The summed E-state index contributed by atoms with van der Waals surface area (Å²) < 4.78 is 11.4. The molecule has 0 radical (unpaired) electrons. The van der Waals surface area contributed by atoms with Gasteiger partial charge in [0, 0.05) is 26.7 Å². The number of fused-ring (bicyclic) bond motifs is 1. The minimum Gasteiger partial charge on any atom is -0.479 e. The number of ether oxygens (including phenoxy) is 2. The van der Waals surface area contributed by atoms with Crippen molar-refractivity contribution < 1.29 is 33.8 Å². The fraction of sp³-hybridized carbons (Fsp3) is 0.533. The van der Waals surface area contributed by atoms with Crippen LogP contribution in [0.15, 0.2) is 16.1 Å². The number of esters is 1. The van der Waals surface area contributed by atoms with E-state index in [0.717, 1.165) is 28.4 Å². The topological polar surface area (TPSA) is 166 Å². The Morgan fingerprint density at radius 1 is 1.43 bits per heavy atom. The number of rotatable bonds is 8. The molecule has 0 spiro atoms. The molecule has 1 aromatic rings. The lowest BCUT2D eigenvalue weighted by Crippen LogP contribution is -2.74. The van der Waals surface area contributed by atoms with Gasteiger partial charge < -0.3 is 24.8 Å². The summed E-state index contributed by atoms with van der Waals surface area (Å²) in [5, 5.41) is 24.3. The van der Waals surface area contributed by atoms with Crippen LogP contribution in [-0.2, 0) is 35.7 Å². The molecule has 4 atom stereocenters. The maximum Gasteiger partial charge on any atom is 0.330 e. The third-order valence-corrected chi connectivity index (χ3v) is 6.66. The van der Waals surface area contributed by atoms with Gasteiger partial charge in [-0.2, -0.15) is 0 Å². The van der Waals surface area contributed by atoms with Gasteiger partial charge in [-0.3, -0.25) is 14.4 Å². The molecule has 13 nitrogen and oxygen atoms in total. The number of aliphatic carboxylic acids is 1. The van der Waals surface area contributed by atoms with Crippen molar-refractivity contribution in [2.45, 2.75) is 35.0 Å². The highest BCUT2D eigenvalue weighted by molar-refractivity contribution is 8.03. The first-order valence-electron chi connectivity index (χ1n) is 8.49. The minimum atomic E-state index is -1.27. The van der Waals surface area contributed by atoms with Crippen LogP contribution in [0.25, 0.3) is 0 Å². The molecule has 15 heteroatoms. The van der Waals surface area contributed by atoms with E-state index >= 15 is 0 Å². The number of methoxy groups -OCH3 is 1. The van der Waals surface area contributed by atoms with E-state index in [0.29, 0.717) is 5.16 Å². The highest BCUT2D eigenvalue weighted by atomic mass is 32.2. The van der Waals surface area contributed by atoms with Crippen molar-refractivity contribution in [3.8, 4) is 0 Å². The van der Waals surface area contributed by atoms with Gasteiger partial charge in [-0.05, 0) is 27.6 Å². The number of carbonyl (C=O) groups is 4. The largest absolute Gasteiger partial charge is 0.479 e. The van der Waals surface area contributed by atoms with Gasteiger partial charge in [0.05, 0.1) is 0 Å². The lowest BCUT2D eigenvalue weighted by Gasteiger charge is -2.51. The monoisotopic (exact) mass is 458 g/mol. The molecule has 2 aliphatic heterocycles. The van der Waals surface area contributed by atoms with Crippen LogP contribution >= 0.6 is 23.5 Å². The molecule has 0 saturated carbocycles. The van der Waals surface area contributed by atoms with Gasteiger partial charge in [0.15, 0.2) is 11.5 Å². The lowest BCUT2D eigenvalue weighted by atomic mass is 9.98. The van der Waals surface area contributed by atoms with Gasteiger partial charge in [0.1, 0.15) is 18.0 Å². The number of β-lactam (4-membered cyclic amide) rings is 1. The lowest BCUT2D eigenvalue weighted by molar-refractivity contribution is -0.161. The molecule has 2 N–H and O–H groups in total. The Hall–Kier alpha value is -2.65. The maximum atomic E-state index is 12.6. The second-order valence-electron chi connectivity index (χ2n) is 6.24. The number of thioether (sulfide) groups is 2. The predicted octanol–water partition coefficient (Wildman–Crippen LogP) is -1.43. The Labute approximate surface area is 178 Å². The number of nitrogens with one attached hydrogen (secondary N) is 1. The van der Waals surface area contributed by atoms with Crippen molar-refractivity contribution in [2.24, 2.45) is 7.05 Å². The van der Waals surface area contributed by atoms with Crippen LogP contribution in [0.5, 0.6) is 0 Å². The average Bonchev–Trinajstić information content (AvgIpc) is 3.11. The average molecular weight is 458 g/mol. The van der Waals surface area contributed by atoms with E-state index in [1.165, 1.54) is 18.7 Å². The molecule has 2 unspecified atom stereocenters. The molecular weight excluding hydrogens is 440 g/mol. The van der Waals surface area contributed by atoms with Crippen LogP contribution < -0.4 is 5.32 Å². The zero-order chi connectivity index (χ0) is 22.0. The van der Waals surface area contributed by atoms with E-state index in [9.17, 15) is 24.3 Å². The summed E-state index contributed by atoms with van der Waals surface area (Å²) in [6.45, 7) is 0.970. The van der Waals surface area contributed by atoms with Crippen LogP contribution in [0.2, 0.25) is 0 Å². The number of amides is 2. The summed E-state index contributed by atoms with van der Waals surface area (Å²) >= 11 is 2.12. The van der Waals surface area contributed by atoms with Crippen LogP contribution in [0, 0.1) is 0 Å². The van der Waals surface area contributed by atoms with Gasteiger partial charge >= 0.3 is 11.9 Å². The second-order valence-corrected chi connectivity index (χ2v) is 8.26. The molecule has 0 aromatic carbocycles. The van der Waals surface area contributed by atoms with E-state index in [-0.39, 0.29) is 12.2 Å². The molecule has 0 aliphatic carbocycles. The van der Waals surface area contributed by atoms with Crippen molar-refractivity contribution in [2.75, 3.05) is 13.7 Å². The molecule has 2 amide bonds. The second kappa shape index (κ2) is 9.01. The fourth-order valence-corrected chi connectivity index (χ4v) is 4.81. The Balaban J connectivity index is 1.68. The standard InChI is InChI=1S/C15H18N6O7S2/c1-6(22)28-4-7-5-29-12-8(11(24)21(12)9(7)13(25)26)16-10(23)14(27-3)30-15-17-18-19-20(15)2/h5,8-9,12,14H,4H2,1-3H3,(H,16,23)(H,25,26)/t8-,9?,12-,14?/m1/s1. The molecule has 3 heterocycles. The highest BCUT2D eigenvalue weighted by Crippen LogP contribution is 2.40. The normalized spacial score (nSPS) is 23.7. The summed E-state index contributed by atoms with van der Waals surface area (Å²) in [5.41, 5.74) is -0.743. The summed E-state index contributed by atoms with van der Waals surface area (Å²) in [6, 6.07) is -2.19. The van der Waals surface area contributed by atoms with Crippen molar-refractivity contribution in [1.29, 1.82) is 0 Å². The molecule has 1 aromatic heterocycles. The summed E-state index contributed by atoms with van der Waals surface area (Å²) in [6.07, 6.45) is 0. The number of carbonyl (C=O) groups excluding carboxylic acids is 3. The third kappa shape index (κ3) is 4.27. The van der Waals surface area contributed by atoms with Crippen molar-refractivity contribution in [1.82, 2.24) is 30.4 Å². The number of aromatic nitrogens is 4. The van der Waals surface area contributed by atoms with E-state index < -0.39 is 46.6 Å². The van der Waals surface area contributed by atoms with Crippen LogP contribution in [0.3, 0.4) is 0 Å². The molecule has 0 bridgehead atoms. The molecule has 30 heavy (non-hydrogen) atoms. The number of carboxylic acid groups (broad SMARTS) is 1. The number of carboxylic acids is 1. The molecule has 1 fully saturated rings. The minimum absolute atomic E-state index is 0.235. The van der Waals surface area contributed by atoms with E-state index in [4.69, 9.17) is 9.47 Å². The maximum absolute atomic E-state index is 12.6. The van der Waals surface area contributed by atoms with Crippen molar-refractivity contribution >= 4 is 47.3 Å². The number of tetrazole rings is 1. The molecule has 1 saturated heterocycles. The summed E-state index contributed by atoms with van der Waals surface area (Å²) in [5.74, 6) is -2.95. The zero-order valence-electron chi connectivity index (χ0n) is 16.0. The molecular formula is C15H18N6O7S2. The van der Waals surface area contributed by atoms with Crippen LogP contribution in [0.1, 0.15) is 6.92 Å². The molecule has 2 aliphatic rings. The first-order valence-corrected chi connectivity index (χ1v) is 10.3. The molecule has 3 rings (SSSR count). The first-order chi connectivity index (χ1) is 14.2. The first kappa shape index (κ1) is 22.0. The summed E-state index contributed by atoms with van der Waals surface area (Å²) in [4.78, 5) is 49.1. The van der Waals surface area contributed by atoms with Crippen molar-refractivity contribution in [3.63, 3.8) is 0 Å². The number of aryl methyl sites for hydroxylation is 1.